The van der Waals surface area contributed by atoms with Gasteiger partial charge in [-0.15, -0.1) is 0 Å². The third-order valence-electron chi connectivity index (χ3n) is 5.53. The number of carbonyl (C=O) groups excluding carboxylic acids is 2. The van der Waals surface area contributed by atoms with Gasteiger partial charge in [-0.25, -0.2) is 0 Å². The monoisotopic (exact) mass is 405 g/mol. The van der Waals surface area contributed by atoms with Crippen LogP contribution < -0.4 is 0 Å². The Hall–Kier alpha value is -1.57. The third-order valence-corrected chi connectivity index (χ3v) is 6.62. The van der Waals surface area contributed by atoms with Crippen LogP contribution in [0.5, 0.6) is 0 Å². The lowest BCUT2D eigenvalue weighted by Gasteiger charge is -2.38. The van der Waals surface area contributed by atoms with Gasteiger partial charge in [-0.2, -0.15) is 11.8 Å². The van der Waals surface area contributed by atoms with Gasteiger partial charge in [0.05, 0.1) is 20.1 Å². The number of carbonyl (C=O) groups is 2. The van der Waals surface area contributed by atoms with Crippen molar-refractivity contribution in [3.63, 3.8) is 0 Å². The molecule has 0 spiro atoms. The number of esters is 1. The van der Waals surface area contributed by atoms with Gasteiger partial charge < -0.3 is 9.64 Å². The van der Waals surface area contributed by atoms with E-state index in [0.717, 1.165) is 50.8 Å². The van der Waals surface area contributed by atoms with Gasteiger partial charge in [0.25, 0.3) is 0 Å². The van der Waals surface area contributed by atoms with Gasteiger partial charge in [0, 0.05) is 56.8 Å². The fourth-order valence-electron chi connectivity index (χ4n) is 3.86. The van der Waals surface area contributed by atoms with Gasteiger partial charge in [-0.05, 0) is 12.5 Å². The normalized spacial score (nSPS) is 21.5. The molecule has 1 aromatic rings. The van der Waals surface area contributed by atoms with Gasteiger partial charge in [0.1, 0.15) is 0 Å². The molecule has 1 amide bonds. The van der Waals surface area contributed by atoms with Crippen molar-refractivity contribution < 1.29 is 14.3 Å². The zero-order valence-electron chi connectivity index (χ0n) is 16.9. The van der Waals surface area contributed by atoms with E-state index in [9.17, 15) is 9.59 Å². The second-order valence-electron chi connectivity index (χ2n) is 7.63. The summed E-state index contributed by atoms with van der Waals surface area (Å²) in [6, 6.07) is 8.71. The van der Waals surface area contributed by atoms with Gasteiger partial charge in [0.2, 0.25) is 5.91 Å². The molecule has 0 aliphatic carbocycles. The van der Waals surface area contributed by atoms with Crippen LogP contribution in [0, 0.1) is 6.92 Å². The molecule has 2 saturated heterocycles. The maximum atomic E-state index is 12.8. The molecular weight excluding hydrogens is 374 g/mol. The number of methoxy groups -OCH3 is 1. The van der Waals surface area contributed by atoms with E-state index in [4.69, 9.17) is 4.74 Å². The van der Waals surface area contributed by atoms with Crippen LogP contribution in [0.4, 0.5) is 0 Å². The summed E-state index contributed by atoms with van der Waals surface area (Å²) >= 11 is 1.84. The van der Waals surface area contributed by atoms with E-state index in [1.807, 2.05) is 16.7 Å². The number of amides is 1. The van der Waals surface area contributed by atoms with E-state index in [0.29, 0.717) is 13.0 Å². The number of aryl methyl sites for hydroxylation is 1. The van der Waals surface area contributed by atoms with E-state index in [2.05, 4.69) is 41.0 Å². The fourth-order valence-corrected chi connectivity index (χ4v) is 4.99. The molecule has 2 fully saturated rings. The summed E-state index contributed by atoms with van der Waals surface area (Å²) in [5.74, 6) is 1.87. The minimum Gasteiger partial charge on any atom is -0.469 e. The quantitative estimate of drug-likeness (QED) is 0.671. The van der Waals surface area contributed by atoms with Gasteiger partial charge in [0.15, 0.2) is 0 Å². The number of benzene rings is 1. The van der Waals surface area contributed by atoms with Crippen LogP contribution in [0.15, 0.2) is 24.3 Å². The van der Waals surface area contributed by atoms with Gasteiger partial charge >= 0.3 is 5.97 Å². The lowest BCUT2D eigenvalue weighted by Crippen LogP contribution is -2.53. The highest BCUT2D eigenvalue weighted by molar-refractivity contribution is 7.99. The number of ether oxygens (including phenoxy) is 1. The standard InChI is InChI=1S/C21H31N3O3S/c1-17-4-3-5-18(12-17)14-22-6-8-23(9-7-22)20(25)15-24-10-11-28-16-19(24)13-21(26)27-2/h3-5,12,19H,6-11,13-16H2,1-2H3/t19-/m0/s1. The first-order valence-corrected chi connectivity index (χ1v) is 11.1. The molecule has 6 nitrogen and oxygen atoms in total. The van der Waals surface area contributed by atoms with Crippen molar-refractivity contribution in [2.24, 2.45) is 0 Å². The fraction of sp³-hybridized carbons (Fsp3) is 0.619. The first-order chi connectivity index (χ1) is 13.5. The molecule has 1 atom stereocenters. The minimum absolute atomic E-state index is 0.0951. The Morgan fingerprint density at radius 2 is 1.96 bits per heavy atom. The summed E-state index contributed by atoms with van der Waals surface area (Å²) in [4.78, 5) is 31.0. The summed E-state index contributed by atoms with van der Waals surface area (Å²) in [6.07, 6.45) is 0.362. The molecule has 7 heteroatoms. The molecule has 0 aromatic heterocycles. The van der Waals surface area contributed by atoms with Crippen LogP contribution in [0.2, 0.25) is 0 Å². The third kappa shape index (κ3) is 5.96. The molecule has 0 unspecified atom stereocenters. The van der Waals surface area contributed by atoms with E-state index in [1.54, 1.807) is 0 Å². The van der Waals surface area contributed by atoms with Gasteiger partial charge in [-0.1, -0.05) is 29.8 Å². The number of hydrogen-bond acceptors (Lipinski definition) is 6. The Labute approximate surface area is 172 Å². The maximum absolute atomic E-state index is 12.8. The van der Waals surface area contributed by atoms with Crippen LogP contribution in [0.1, 0.15) is 17.5 Å². The Kier molecular flexibility index (Phi) is 7.76. The molecule has 0 N–H and O–H groups in total. The summed E-state index contributed by atoms with van der Waals surface area (Å²) in [7, 11) is 1.42. The van der Waals surface area contributed by atoms with E-state index in [1.165, 1.54) is 18.2 Å². The molecule has 3 rings (SSSR count). The Morgan fingerprint density at radius 1 is 1.18 bits per heavy atom. The number of nitrogens with zero attached hydrogens (tertiary/aromatic N) is 3. The van der Waals surface area contributed by atoms with Crippen molar-refractivity contribution in [3.8, 4) is 0 Å². The minimum atomic E-state index is -0.199. The van der Waals surface area contributed by atoms with Crippen LogP contribution in [0.3, 0.4) is 0 Å². The first-order valence-electron chi connectivity index (χ1n) is 9.99. The Morgan fingerprint density at radius 3 is 2.68 bits per heavy atom. The number of rotatable bonds is 6. The van der Waals surface area contributed by atoms with Crippen molar-refractivity contribution in [1.29, 1.82) is 0 Å². The van der Waals surface area contributed by atoms with Crippen molar-refractivity contribution in [3.05, 3.63) is 35.4 Å². The summed E-state index contributed by atoms with van der Waals surface area (Å²) in [5, 5.41) is 0. The number of piperazine rings is 1. The molecule has 28 heavy (non-hydrogen) atoms. The van der Waals surface area contributed by atoms with Crippen molar-refractivity contribution in [1.82, 2.24) is 14.7 Å². The molecule has 2 aliphatic heterocycles. The van der Waals surface area contributed by atoms with Crippen molar-refractivity contribution in [2.75, 3.05) is 57.9 Å². The number of thioether (sulfide) groups is 1. The highest BCUT2D eigenvalue weighted by Gasteiger charge is 2.29. The first kappa shape index (κ1) is 21.1. The highest BCUT2D eigenvalue weighted by Crippen LogP contribution is 2.20. The second-order valence-corrected chi connectivity index (χ2v) is 8.78. The summed E-state index contributed by atoms with van der Waals surface area (Å²) in [6.45, 7) is 7.67. The van der Waals surface area contributed by atoms with Crippen LogP contribution in [-0.2, 0) is 20.9 Å². The molecular formula is C21H31N3O3S. The molecule has 0 bridgehead atoms. The lowest BCUT2D eigenvalue weighted by atomic mass is 10.1. The zero-order chi connectivity index (χ0) is 19.9. The molecule has 0 radical (unpaired) electrons. The van der Waals surface area contributed by atoms with Gasteiger partial charge in [-0.3, -0.25) is 19.4 Å². The van der Waals surface area contributed by atoms with Crippen LogP contribution >= 0.6 is 11.8 Å². The average Bonchev–Trinajstić information content (AvgIpc) is 2.70. The Balaban J connectivity index is 1.47. The van der Waals surface area contributed by atoms with Crippen LogP contribution in [-0.4, -0.2) is 90.5 Å². The molecule has 2 aliphatic rings. The molecule has 0 saturated carbocycles. The topological polar surface area (TPSA) is 53.1 Å². The molecule has 154 valence electrons. The van der Waals surface area contributed by atoms with E-state index >= 15 is 0 Å². The average molecular weight is 406 g/mol. The largest absolute Gasteiger partial charge is 0.469 e. The summed E-state index contributed by atoms with van der Waals surface area (Å²) in [5.41, 5.74) is 2.61. The maximum Gasteiger partial charge on any atom is 0.307 e. The predicted molar refractivity (Wildman–Crippen MR) is 112 cm³/mol. The smallest absolute Gasteiger partial charge is 0.307 e. The highest BCUT2D eigenvalue weighted by atomic mass is 32.2. The van der Waals surface area contributed by atoms with E-state index < -0.39 is 0 Å². The lowest BCUT2D eigenvalue weighted by molar-refractivity contribution is -0.143. The zero-order valence-corrected chi connectivity index (χ0v) is 17.7. The number of hydrogen-bond donors (Lipinski definition) is 0. The molecule has 2 heterocycles. The molecule has 1 aromatic carbocycles. The summed E-state index contributed by atoms with van der Waals surface area (Å²) < 4.78 is 4.81. The Bertz CT molecular complexity index is 677. The second kappa shape index (κ2) is 10.3. The SMILES string of the molecule is COC(=O)C[C@H]1CSCCN1CC(=O)N1CCN(Cc2cccc(C)c2)CC1. The predicted octanol–water partition coefficient (Wildman–Crippen LogP) is 1.62. The van der Waals surface area contributed by atoms with Crippen LogP contribution in [0.25, 0.3) is 0 Å². The van der Waals surface area contributed by atoms with E-state index in [-0.39, 0.29) is 17.9 Å². The van der Waals surface area contributed by atoms with Crippen molar-refractivity contribution >= 4 is 23.6 Å². The van der Waals surface area contributed by atoms with Crippen molar-refractivity contribution in [2.45, 2.75) is 25.9 Å².